The van der Waals surface area contributed by atoms with Crippen molar-refractivity contribution in [1.82, 2.24) is 10.2 Å². The molecule has 0 spiro atoms. The molecule has 0 radical (unpaired) electrons. The van der Waals surface area contributed by atoms with Gasteiger partial charge in [-0.3, -0.25) is 4.99 Å². The highest BCUT2D eigenvalue weighted by atomic mass is 32.2. The zero-order chi connectivity index (χ0) is 16.1. The molecule has 23 heavy (non-hydrogen) atoms. The number of nitrogens with one attached hydrogen (secondary N) is 1. The fourth-order valence-corrected chi connectivity index (χ4v) is 4.28. The average Bonchev–Trinajstić information content (AvgIpc) is 3.02. The molecule has 1 heterocycles. The lowest BCUT2D eigenvalue weighted by Crippen LogP contribution is -2.51. The van der Waals surface area contributed by atoms with E-state index < -0.39 is 5.60 Å². The third-order valence-corrected chi connectivity index (χ3v) is 6.13. The van der Waals surface area contributed by atoms with Crippen LogP contribution >= 0.6 is 11.8 Å². The van der Waals surface area contributed by atoms with Gasteiger partial charge in [0.25, 0.3) is 0 Å². The third-order valence-electron chi connectivity index (χ3n) is 4.89. The number of likely N-dealkylation sites (tertiary alicyclic amines) is 1. The molecule has 3 rings (SSSR count). The maximum atomic E-state index is 10.2. The SMILES string of the molecule is CN=C(NCC1(O)CCC1)N1CCC(CSc2ccccc2)C1. The minimum absolute atomic E-state index is 0.502. The molecule has 1 atom stereocenters. The van der Waals surface area contributed by atoms with Gasteiger partial charge in [0.05, 0.1) is 5.60 Å². The third kappa shape index (κ3) is 4.42. The van der Waals surface area contributed by atoms with Gasteiger partial charge in [-0.15, -0.1) is 11.8 Å². The first kappa shape index (κ1) is 16.7. The molecule has 0 amide bonds. The summed E-state index contributed by atoms with van der Waals surface area (Å²) in [6.07, 6.45) is 4.17. The second kappa shape index (κ2) is 7.58. The fourth-order valence-electron chi connectivity index (χ4n) is 3.23. The lowest BCUT2D eigenvalue weighted by atomic mass is 9.80. The summed E-state index contributed by atoms with van der Waals surface area (Å²) in [7, 11) is 1.83. The van der Waals surface area contributed by atoms with Crippen molar-refractivity contribution in [3.8, 4) is 0 Å². The van der Waals surface area contributed by atoms with Gasteiger partial charge < -0.3 is 15.3 Å². The molecule has 2 fully saturated rings. The standard InChI is InChI=1S/C18H27N3OS/c1-19-17(20-14-18(22)9-5-10-18)21-11-8-15(12-21)13-23-16-6-3-2-4-7-16/h2-4,6-7,15,22H,5,8-14H2,1H3,(H,19,20). The molecule has 0 bridgehead atoms. The number of aliphatic hydroxyl groups is 1. The molecular formula is C18H27N3OS. The maximum absolute atomic E-state index is 10.2. The Kier molecular flexibility index (Phi) is 5.49. The number of hydrogen-bond donors (Lipinski definition) is 2. The smallest absolute Gasteiger partial charge is 0.193 e. The van der Waals surface area contributed by atoms with Crippen LogP contribution in [0, 0.1) is 5.92 Å². The van der Waals surface area contributed by atoms with Gasteiger partial charge in [0.15, 0.2) is 5.96 Å². The van der Waals surface area contributed by atoms with Crippen LogP contribution in [0.3, 0.4) is 0 Å². The van der Waals surface area contributed by atoms with E-state index >= 15 is 0 Å². The molecule has 1 aromatic rings. The van der Waals surface area contributed by atoms with Gasteiger partial charge in [-0.05, 0) is 43.7 Å². The summed E-state index contributed by atoms with van der Waals surface area (Å²) in [5.74, 6) is 2.80. The first-order valence-electron chi connectivity index (χ1n) is 8.54. The van der Waals surface area contributed by atoms with Gasteiger partial charge in [0.1, 0.15) is 0 Å². The highest BCUT2D eigenvalue weighted by Crippen LogP contribution is 2.31. The van der Waals surface area contributed by atoms with E-state index in [0.29, 0.717) is 12.5 Å². The summed E-state index contributed by atoms with van der Waals surface area (Å²) < 4.78 is 0. The highest BCUT2D eigenvalue weighted by Gasteiger charge is 2.35. The van der Waals surface area contributed by atoms with Gasteiger partial charge in [0, 0.05) is 37.3 Å². The molecule has 1 aromatic carbocycles. The van der Waals surface area contributed by atoms with Crippen LogP contribution in [0.4, 0.5) is 0 Å². The lowest BCUT2D eigenvalue weighted by molar-refractivity contribution is -0.0282. The van der Waals surface area contributed by atoms with Crippen LogP contribution < -0.4 is 5.32 Å². The topological polar surface area (TPSA) is 47.9 Å². The summed E-state index contributed by atoms with van der Waals surface area (Å²) in [6, 6.07) is 10.6. The molecule has 2 aliphatic rings. The van der Waals surface area contributed by atoms with Crippen molar-refractivity contribution in [3.63, 3.8) is 0 Å². The van der Waals surface area contributed by atoms with Crippen LogP contribution in [0.25, 0.3) is 0 Å². The molecule has 1 unspecified atom stereocenters. The van der Waals surface area contributed by atoms with Gasteiger partial charge in [0.2, 0.25) is 0 Å². The molecule has 2 N–H and O–H groups in total. The van der Waals surface area contributed by atoms with Crippen LogP contribution in [-0.2, 0) is 0 Å². The molecule has 1 aliphatic heterocycles. The predicted molar refractivity (Wildman–Crippen MR) is 97.0 cm³/mol. The molecule has 126 valence electrons. The van der Waals surface area contributed by atoms with E-state index in [2.05, 4.69) is 45.5 Å². The van der Waals surface area contributed by atoms with E-state index in [1.807, 2.05) is 18.8 Å². The average molecular weight is 334 g/mol. The van der Waals surface area contributed by atoms with Crippen LogP contribution in [0.2, 0.25) is 0 Å². The molecule has 0 aromatic heterocycles. The van der Waals surface area contributed by atoms with E-state index in [-0.39, 0.29) is 0 Å². The minimum Gasteiger partial charge on any atom is -0.388 e. The first-order chi connectivity index (χ1) is 11.2. The minimum atomic E-state index is -0.502. The number of nitrogens with zero attached hydrogens (tertiary/aromatic N) is 2. The normalized spacial score (nSPS) is 23.7. The summed E-state index contributed by atoms with van der Waals surface area (Å²) in [6.45, 7) is 2.73. The van der Waals surface area contributed by atoms with E-state index in [1.165, 1.54) is 11.3 Å². The Balaban J connectivity index is 1.44. The largest absolute Gasteiger partial charge is 0.388 e. The van der Waals surface area contributed by atoms with Gasteiger partial charge in [-0.25, -0.2) is 0 Å². The van der Waals surface area contributed by atoms with Crippen molar-refractivity contribution < 1.29 is 5.11 Å². The van der Waals surface area contributed by atoms with Crippen molar-refractivity contribution >= 4 is 17.7 Å². The fraction of sp³-hybridized carbons (Fsp3) is 0.611. The van der Waals surface area contributed by atoms with Gasteiger partial charge in [-0.1, -0.05) is 18.2 Å². The van der Waals surface area contributed by atoms with Crippen molar-refractivity contribution in [2.45, 2.75) is 36.2 Å². The number of guanidine groups is 1. The zero-order valence-electron chi connectivity index (χ0n) is 13.9. The van der Waals surface area contributed by atoms with E-state index in [1.54, 1.807) is 0 Å². The number of rotatable bonds is 5. The second-order valence-corrected chi connectivity index (χ2v) is 7.80. The quantitative estimate of drug-likeness (QED) is 0.494. The summed E-state index contributed by atoms with van der Waals surface area (Å²) >= 11 is 1.94. The number of benzene rings is 1. The molecule has 4 nitrogen and oxygen atoms in total. The second-order valence-electron chi connectivity index (χ2n) is 6.70. The number of thioether (sulfide) groups is 1. The molecule has 1 aliphatic carbocycles. The zero-order valence-corrected chi connectivity index (χ0v) is 14.7. The Morgan fingerprint density at radius 1 is 1.39 bits per heavy atom. The number of aliphatic imine (C=N–C) groups is 1. The van der Waals surface area contributed by atoms with E-state index in [4.69, 9.17) is 0 Å². The molecular weight excluding hydrogens is 306 g/mol. The van der Waals surface area contributed by atoms with Crippen molar-refractivity contribution in [1.29, 1.82) is 0 Å². The van der Waals surface area contributed by atoms with Crippen LogP contribution in [-0.4, -0.2) is 54.0 Å². The Morgan fingerprint density at radius 2 is 2.17 bits per heavy atom. The summed E-state index contributed by atoms with van der Waals surface area (Å²) in [4.78, 5) is 8.08. The van der Waals surface area contributed by atoms with E-state index in [0.717, 1.165) is 44.1 Å². The predicted octanol–water partition coefficient (Wildman–Crippen LogP) is 2.59. The Labute approximate surface area is 143 Å². The van der Waals surface area contributed by atoms with Crippen molar-refractivity contribution in [2.75, 3.05) is 32.4 Å². The lowest BCUT2D eigenvalue weighted by Gasteiger charge is -2.37. The van der Waals surface area contributed by atoms with Crippen molar-refractivity contribution in [3.05, 3.63) is 30.3 Å². The van der Waals surface area contributed by atoms with E-state index in [9.17, 15) is 5.11 Å². The van der Waals surface area contributed by atoms with Crippen molar-refractivity contribution in [2.24, 2.45) is 10.9 Å². The monoisotopic (exact) mass is 333 g/mol. The van der Waals surface area contributed by atoms with Gasteiger partial charge in [-0.2, -0.15) is 0 Å². The number of hydrogen-bond acceptors (Lipinski definition) is 3. The molecule has 1 saturated heterocycles. The summed E-state index contributed by atoms with van der Waals surface area (Å²) in [5, 5.41) is 13.6. The van der Waals surface area contributed by atoms with Crippen LogP contribution in [0.15, 0.2) is 40.2 Å². The maximum Gasteiger partial charge on any atom is 0.193 e. The summed E-state index contributed by atoms with van der Waals surface area (Å²) in [5.41, 5.74) is -0.502. The Morgan fingerprint density at radius 3 is 2.83 bits per heavy atom. The van der Waals surface area contributed by atoms with Crippen LogP contribution in [0.5, 0.6) is 0 Å². The first-order valence-corrected chi connectivity index (χ1v) is 9.53. The van der Waals surface area contributed by atoms with Gasteiger partial charge >= 0.3 is 0 Å². The molecule has 5 heteroatoms. The Hall–Kier alpha value is -1.20. The highest BCUT2D eigenvalue weighted by molar-refractivity contribution is 7.99. The van der Waals surface area contributed by atoms with Crippen LogP contribution in [0.1, 0.15) is 25.7 Å². The molecule has 1 saturated carbocycles. The Bertz CT molecular complexity index is 530.